The van der Waals surface area contributed by atoms with E-state index in [1.807, 2.05) is 0 Å². The number of carboxylic acids is 1. The van der Waals surface area contributed by atoms with Crippen LogP contribution in [0, 0.1) is 11.8 Å². The maximum absolute atomic E-state index is 12.3. The maximum atomic E-state index is 12.3. The van der Waals surface area contributed by atoms with Crippen LogP contribution in [0.4, 0.5) is 0 Å². The number of hydrogen-bond donors (Lipinski definition) is 1. The van der Waals surface area contributed by atoms with Crippen molar-refractivity contribution in [3.05, 3.63) is 0 Å². The van der Waals surface area contributed by atoms with Crippen LogP contribution in [-0.2, 0) is 19.1 Å². The summed E-state index contributed by atoms with van der Waals surface area (Å²) in [4.78, 5) is 38.0. The second-order valence-corrected chi connectivity index (χ2v) is 6.36. The maximum Gasteiger partial charge on any atom is 0.306 e. The third kappa shape index (κ3) is 3.97. The van der Waals surface area contributed by atoms with Gasteiger partial charge in [-0.05, 0) is 19.3 Å². The van der Waals surface area contributed by atoms with E-state index in [1.165, 1.54) is 4.90 Å². The van der Waals surface area contributed by atoms with E-state index in [2.05, 4.69) is 0 Å². The largest absolute Gasteiger partial charge is 0.481 e. The van der Waals surface area contributed by atoms with Crippen LogP contribution in [0.15, 0.2) is 0 Å². The molecule has 1 N–H and O–H groups in total. The number of aliphatic carboxylic acids is 1. The van der Waals surface area contributed by atoms with Crippen molar-refractivity contribution in [2.75, 3.05) is 33.8 Å². The second kappa shape index (κ2) is 7.09. The molecular weight excluding hydrogens is 288 g/mol. The lowest BCUT2D eigenvalue weighted by molar-refractivity contribution is -0.155. The SMILES string of the molecule is CN(C)C(=O)COC1CN(C(=O)C2CCCC(C(=O)O)C2)C1. The molecule has 0 aromatic rings. The Morgan fingerprint density at radius 1 is 1.18 bits per heavy atom. The van der Waals surface area contributed by atoms with Crippen LogP contribution in [0.3, 0.4) is 0 Å². The summed E-state index contributed by atoms with van der Waals surface area (Å²) in [7, 11) is 3.34. The predicted octanol–water partition coefficient (Wildman–Crippen LogP) is 0.193. The Morgan fingerprint density at radius 3 is 2.41 bits per heavy atom. The number of ether oxygens (including phenoxy) is 1. The highest BCUT2D eigenvalue weighted by Crippen LogP contribution is 2.31. The zero-order chi connectivity index (χ0) is 16.3. The van der Waals surface area contributed by atoms with E-state index < -0.39 is 11.9 Å². The minimum absolute atomic E-state index is 0.0320. The lowest BCUT2D eigenvalue weighted by atomic mass is 9.80. The number of likely N-dealkylation sites (tertiary alicyclic amines) is 1. The number of rotatable bonds is 5. The van der Waals surface area contributed by atoms with Gasteiger partial charge in [-0.3, -0.25) is 14.4 Å². The molecule has 22 heavy (non-hydrogen) atoms. The molecule has 1 saturated heterocycles. The quantitative estimate of drug-likeness (QED) is 0.783. The van der Waals surface area contributed by atoms with E-state index in [9.17, 15) is 14.4 Å². The first-order valence-electron chi connectivity index (χ1n) is 7.71. The van der Waals surface area contributed by atoms with Crippen LogP contribution in [0.2, 0.25) is 0 Å². The molecular formula is C15H24N2O5. The van der Waals surface area contributed by atoms with Gasteiger partial charge in [0.05, 0.1) is 12.0 Å². The predicted molar refractivity (Wildman–Crippen MR) is 78.1 cm³/mol. The van der Waals surface area contributed by atoms with Crippen molar-refractivity contribution in [1.29, 1.82) is 0 Å². The summed E-state index contributed by atoms with van der Waals surface area (Å²) in [5, 5.41) is 9.08. The van der Waals surface area contributed by atoms with Gasteiger partial charge in [0.2, 0.25) is 11.8 Å². The fourth-order valence-corrected chi connectivity index (χ4v) is 2.94. The summed E-state index contributed by atoms with van der Waals surface area (Å²) >= 11 is 0. The minimum Gasteiger partial charge on any atom is -0.481 e. The summed E-state index contributed by atoms with van der Waals surface area (Å²) in [6, 6.07) is 0. The summed E-state index contributed by atoms with van der Waals surface area (Å²) in [6.45, 7) is 1.02. The Hall–Kier alpha value is -1.63. The van der Waals surface area contributed by atoms with Gasteiger partial charge in [-0.15, -0.1) is 0 Å². The topological polar surface area (TPSA) is 87.2 Å². The van der Waals surface area contributed by atoms with Crippen molar-refractivity contribution in [1.82, 2.24) is 9.80 Å². The Bertz CT molecular complexity index is 445. The van der Waals surface area contributed by atoms with E-state index in [4.69, 9.17) is 9.84 Å². The monoisotopic (exact) mass is 312 g/mol. The Morgan fingerprint density at radius 2 is 1.82 bits per heavy atom. The molecule has 2 fully saturated rings. The van der Waals surface area contributed by atoms with Crippen LogP contribution in [0.5, 0.6) is 0 Å². The van der Waals surface area contributed by atoms with E-state index in [1.54, 1.807) is 19.0 Å². The first-order chi connectivity index (χ1) is 10.4. The van der Waals surface area contributed by atoms with E-state index >= 15 is 0 Å². The molecule has 2 amide bonds. The zero-order valence-corrected chi connectivity index (χ0v) is 13.2. The smallest absolute Gasteiger partial charge is 0.306 e. The van der Waals surface area contributed by atoms with Crippen LogP contribution in [-0.4, -0.2) is 72.6 Å². The fourth-order valence-electron chi connectivity index (χ4n) is 2.94. The molecule has 2 unspecified atom stereocenters. The average molecular weight is 312 g/mol. The van der Waals surface area contributed by atoms with Crippen molar-refractivity contribution in [3.63, 3.8) is 0 Å². The van der Waals surface area contributed by atoms with Crippen LogP contribution < -0.4 is 0 Å². The van der Waals surface area contributed by atoms with Crippen LogP contribution in [0.25, 0.3) is 0 Å². The minimum atomic E-state index is -0.801. The molecule has 1 aliphatic carbocycles. The van der Waals surface area contributed by atoms with Gasteiger partial charge in [0.25, 0.3) is 0 Å². The highest BCUT2D eigenvalue weighted by atomic mass is 16.5. The first-order valence-corrected chi connectivity index (χ1v) is 7.71. The molecule has 1 heterocycles. The van der Waals surface area contributed by atoms with Gasteiger partial charge in [0, 0.05) is 33.1 Å². The molecule has 7 heteroatoms. The lowest BCUT2D eigenvalue weighted by Crippen LogP contribution is -2.57. The first kappa shape index (κ1) is 16.7. The highest BCUT2D eigenvalue weighted by molar-refractivity contribution is 5.81. The van der Waals surface area contributed by atoms with Crippen molar-refractivity contribution in [2.24, 2.45) is 11.8 Å². The normalized spacial score (nSPS) is 25.5. The molecule has 2 aliphatic rings. The summed E-state index contributed by atoms with van der Waals surface area (Å²) in [5.41, 5.74) is 0. The number of likely N-dealkylation sites (N-methyl/N-ethyl adjacent to an activating group) is 1. The molecule has 0 aromatic heterocycles. The average Bonchev–Trinajstić information content (AvgIpc) is 2.45. The number of amides is 2. The zero-order valence-electron chi connectivity index (χ0n) is 13.2. The van der Waals surface area contributed by atoms with E-state index in [0.717, 1.165) is 12.8 Å². The van der Waals surface area contributed by atoms with Gasteiger partial charge >= 0.3 is 5.97 Å². The molecule has 0 aromatic carbocycles. The number of hydrogen-bond acceptors (Lipinski definition) is 4. The van der Waals surface area contributed by atoms with Crippen LogP contribution in [0.1, 0.15) is 25.7 Å². The van der Waals surface area contributed by atoms with Gasteiger partial charge in [0.1, 0.15) is 6.61 Å². The summed E-state index contributed by atoms with van der Waals surface area (Å²) < 4.78 is 5.45. The Balaban J connectivity index is 1.72. The van der Waals surface area contributed by atoms with Crippen molar-refractivity contribution >= 4 is 17.8 Å². The Labute approximate surface area is 130 Å². The number of carbonyl (C=O) groups excluding carboxylic acids is 2. The molecule has 2 atom stereocenters. The fraction of sp³-hybridized carbons (Fsp3) is 0.800. The molecule has 0 radical (unpaired) electrons. The third-order valence-corrected chi connectivity index (χ3v) is 4.47. The van der Waals surface area contributed by atoms with Crippen molar-refractivity contribution in [3.8, 4) is 0 Å². The van der Waals surface area contributed by atoms with Crippen LogP contribution >= 0.6 is 0 Å². The van der Waals surface area contributed by atoms with Crippen molar-refractivity contribution < 1.29 is 24.2 Å². The molecule has 0 spiro atoms. The van der Waals surface area contributed by atoms with Gasteiger partial charge in [-0.1, -0.05) is 6.42 Å². The summed E-state index contributed by atoms with van der Waals surface area (Å²) in [6.07, 6.45) is 2.57. The number of carbonyl (C=O) groups is 3. The van der Waals surface area contributed by atoms with Crippen molar-refractivity contribution in [2.45, 2.75) is 31.8 Å². The lowest BCUT2D eigenvalue weighted by Gasteiger charge is -2.41. The molecule has 124 valence electrons. The molecule has 0 bridgehead atoms. The van der Waals surface area contributed by atoms with E-state index in [-0.39, 0.29) is 30.4 Å². The number of nitrogens with zero attached hydrogens (tertiary/aromatic N) is 2. The summed E-state index contributed by atoms with van der Waals surface area (Å²) in [5.74, 6) is -1.44. The van der Waals surface area contributed by atoms with Gasteiger partial charge in [-0.2, -0.15) is 0 Å². The van der Waals surface area contributed by atoms with E-state index in [0.29, 0.717) is 25.9 Å². The number of carboxylic acid groups (broad SMARTS) is 1. The highest BCUT2D eigenvalue weighted by Gasteiger charge is 2.38. The van der Waals surface area contributed by atoms with Gasteiger partial charge in [-0.25, -0.2) is 0 Å². The van der Waals surface area contributed by atoms with Gasteiger partial charge < -0.3 is 19.6 Å². The molecule has 7 nitrogen and oxygen atoms in total. The second-order valence-electron chi connectivity index (χ2n) is 6.36. The third-order valence-electron chi connectivity index (χ3n) is 4.47. The standard InChI is InChI=1S/C15H24N2O5/c1-16(2)13(18)9-22-12-7-17(8-12)14(19)10-4-3-5-11(6-10)15(20)21/h10-12H,3-9H2,1-2H3,(H,20,21). The van der Waals surface area contributed by atoms with Gasteiger partial charge in [0.15, 0.2) is 0 Å². The molecule has 1 saturated carbocycles. The Kier molecular flexibility index (Phi) is 5.39. The molecule has 2 rings (SSSR count). The molecule has 1 aliphatic heterocycles.